The maximum Gasteiger partial charge on any atom is 0.152 e. The Morgan fingerprint density at radius 1 is 1.46 bits per heavy atom. The molecule has 1 N–H and O–H groups in total. The van der Waals surface area contributed by atoms with Gasteiger partial charge in [0.25, 0.3) is 0 Å². The Hall–Kier alpha value is -1.84. The van der Waals surface area contributed by atoms with Crippen LogP contribution in [0.3, 0.4) is 0 Å². The standard InChI is InChI=1S/C10H6FNO/c11-10-4-3-8(2-1-5-12)6-9(10)7-13/h3-4,6,13H,7H2. The molecule has 0 fully saturated rings. The number of nitrogens with zero attached hydrogens (tertiary/aromatic N) is 1. The van der Waals surface area contributed by atoms with Crippen LogP contribution in [0.1, 0.15) is 11.1 Å². The maximum atomic E-state index is 12.8. The minimum Gasteiger partial charge on any atom is -0.392 e. The van der Waals surface area contributed by atoms with Crippen molar-refractivity contribution in [2.24, 2.45) is 0 Å². The molecule has 0 amide bonds. The third-order valence-corrected chi connectivity index (χ3v) is 1.48. The molecule has 0 heterocycles. The molecule has 0 aliphatic rings. The summed E-state index contributed by atoms with van der Waals surface area (Å²) in [4.78, 5) is 0. The van der Waals surface area contributed by atoms with Crippen molar-refractivity contribution in [2.45, 2.75) is 6.61 Å². The second kappa shape index (κ2) is 4.25. The van der Waals surface area contributed by atoms with Gasteiger partial charge in [0, 0.05) is 17.0 Å². The monoisotopic (exact) mass is 175 g/mol. The molecule has 0 aliphatic carbocycles. The molecule has 1 aromatic rings. The van der Waals surface area contributed by atoms with Crippen LogP contribution in [0, 0.1) is 29.0 Å². The van der Waals surface area contributed by atoms with Gasteiger partial charge in [0.05, 0.1) is 6.61 Å². The molecule has 0 aliphatic heterocycles. The third-order valence-electron chi connectivity index (χ3n) is 1.48. The summed E-state index contributed by atoms with van der Waals surface area (Å²) in [6.07, 6.45) is 0. The Bertz CT molecular complexity index is 409. The van der Waals surface area contributed by atoms with Crippen LogP contribution in [-0.2, 0) is 6.61 Å². The fourth-order valence-corrected chi connectivity index (χ4v) is 0.874. The Morgan fingerprint density at radius 3 is 2.85 bits per heavy atom. The van der Waals surface area contributed by atoms with E-state index in [1.165, 1.54) is 18.2 Å². The average molecular weight is 175 g/mol. The first-order valence-electron chi connectivity index (χ1n) is 3.57. The molecule has 1 rings (SSSR count). The van der Waals surface area contributed by atoms with E-state index in [0.717, 1.165) is 0 Å². The topological polar surface area (TPSA) is 44.0 Å². The van der Waals surface area contributed by atoms with Crippen molar-refractivity contribution in [3.8, 4) is 17.9 Å². The van der Waals surface area contributed by atoms with Crippen molar-refractivity contribution < 1.29 is 9.50 Å². The van der Waals surface area contributed by atoms with Gasteiger partial charge in [-0.05, 0) is 18.2 Å². The zero-order valence-corrected chi connectivity index (χ0v) is 6.71. The zero-order valence-electron chi connectivity index (χ0n) is 6.71. The minimum atomic E-state index is -0.468. The normalized spacial score (nSPS) is 8.38. The molecule has 0 spiro atoms. The molecule has 64 valence electrons. The van der Waals surface area contributed by atoms with E-state index in [1.807, 2.05) is 0 Å². The Kier molecular flexibility index (Phi) is 3.03. The summed E-state index contributed by atoms with van der Waals surface area (Å²) in [5, 5.41) is 16.9. The summed E-state index contributed by atoms with van der Waals surface area (Å²) in [6.45, 7) is -0.367. The lowest BCUT2D eigenvalue weighted by Gasteiger charge is -1.98. The van der Waals surface area contributed by atoms with Gasteiger partial charge in [-0.15, -0.1) is 0 Å². The van der Waals surface area contributed by atoms with Crippen molar-refractivity contribution in [2.75, 3.05) is 0 Å². The second-order valence-electron chi connectivity index (χ2n) is 2.33. The van der Waals surface area contributed by atoms with E-state index in [9.17, 15) is 4.39 Å². The zero-order chi connectivity index (χ0) is 9.68. The molecular weight excluding hydrogens is 169 g/mol. The van der Waals surface area contributed by atoms with Crippen molar-refractivity contribution in [1.29, 1.82) is 5.26 Å². The SMILES string of the molecule is N#CC#Cc1ccc(F)c(CO)c1. The van der Waals surface area contributed by atoms with Gasteiger partial charge in [-0.25, -0.2) is 4.39 Å². The Balaban J connectivity index is 3.08. The quantitative estimate of drug-likeness (QED) is 0.651. The first-order valence-corrected chi connectivity index (χ1v) is 3.57. The van der Waals surface area contributed by atoms with Crippen molar-refractivity contribution >= 4 is 0 Å². The van der Waals surface area contributed by atoms with Gasteiger partial charge in [-0.3, -0.25) is 0 Å². The predicted molar refractivity (Wildman–Crippen MR) is 44.8 cm³/mol. The summed E-state index contributed by atoms with van der Waals surface area (Å²) in [5.74, 6) is 4.23. The lowest BCUT2D eigenvalue weighted by atomic mass is 10.1. The molecule has 0 atom stereocenters. The lowest BCUT2D eigenvalue weighted by Crippen LogP contribution is -1.90. The smallest absolute Gasteiger partial charge is 0.152 e. The number of benzene rings is 1. The highest BCUT2D eigenvalue weighted by Crippen LogP contribution is 2.09. The van der Waals surface area contributed by atoms with Crippen molar-refractivity contribution in [3.05, 3.63) is 35.1 Å². The molecule has 0 saturated heterocycles. The molecule has 2 nitrogen and oxygen atoms in total. The average Bonchev–Trinajstić information content (AvgIpc) is 2.16. The van der Waals surface area contributed by atoms with E-state index in [2.05, 4.69) is 11.8 Å². The van der Waals surface area contributed by atoms with E-state index < -0.39 is 5.82 Å². The molecule has 3 heteroatoms. The number of hydrogen-bond donors (Lipinski definition) is 1. The Labute approximate surface area is 75.2 Å². The summed E-state index contributed by atoms with van der Waals surface area (Å²) in [5.41, 5.74) is 0.705. The number of halogens is 1. The molecule has 0 saturated carbocycles. The summed E-state index contributed by atoms with van der Waals surface area (Å²) in [7, 11) is 0. The van der Waals surface area contributed by atoms with E-state index in [1.54, 1.807) is 6.07 Å². The number of rotatable bonds is 1. The van der Waals surface area contributed by atoms with Gasteiger partial charge in [-0.1, -0.05) is 5.92 Å². The van der Waals surface area contributed by atoms with Crippen LogP contribution in [0.15, 0.2) is 18.2 Å². The highest BCUT2D eigenvalue weighted by molar-refractivity contribution is 5.40. The molecule has 0 aromatic heterocycles. The van der Waals surface area contributed by atoms with Gasteiger partial charge < -0.3 is 5.11 Å². The first-order chi connectivity index (χ1) is 6.27. The number of nitriles is 1. The van der Waals surface area contributed by atoms with E-state index in [-0.39, 0.29) is 12.2 Å². The molecular formula is C10H6FNO. The minimum absolute atomic E-state index is 0.185. The van der Waals surface area contributed by atoms with Crippen molar-refractivity contribution in [3.63, 3.8) is 0 Å². The van der Waals surface area contributed by atoms with E-state index in [4.69, 9.17) is 10.4 Å². The van der Waals surface area contributed by atoms with Crippen LogP contribution in [0.4, 0.5) is 4.39 Å². The highest BCUT2D eigenvalue weighted by Gasteiger charge is 2.00. The van der Waals surface area contributed by atoms with Gasteiger partial charge >= 0.3 is 0 Å². The predicted octanol–water partition coefficient (Wildman–Crippen LogP) is 1.19. The van der Waals surface area contributed by atoms with E-state index in [0.29, 0.717) is 5.56 Å². The van der Waals surface area contributed by atoms with Gasteiger partial charge in [0.1, 0.15) is 5.82 Å². The number of aliphatic hydroxyl groups is 1. The second-order valence-corrected chi connectivity index (χ2v) is 2.33. The first kappa shape index (κ1) is 9.25. The molecule has 1 aromatic carbocycles. The van der Waals surface area contributed by atoms with Crippen molar-refractivity contribution in [1.82, 2.24) is 0 Å². The summed E-state index contributed by atoms with van der Waals surface area (Å²) < 4.78 is 12.8. The Morgan fingerprint density at radius 2 is 2.23 bits per heavy atom. The summed E-state index contributed by atoms with van der Waals surface area (Å²) >= 11 is 0. The summed E-state index contributed by atoms with van der Waals surface area (Å²) in [6, 6.07) is 5.74. The fraction of sp³-hybridized carbons (Fsp3) is 0.100. The lowest BCUT2D eigenvalue weighted by molar-refractivity contribution is 0.275. The number of hydrogen-bond acceptors (Lipinski definition) is 2. The van der Waals surface area contributed by atoms with Crippen LogP contribution in [0.5, 0.6) is 0 Å². The molecule has 13 heavy (non-hydrogen) atoms. The fourth-order valence-electron chi connectivity index (χ4n) is 0.874. The van der Waals surface area contributed by atoms with Crippen LogP contribution in [0.2, 0.25) is 0 Å². The van der Waals surface area contributed by atoms with Gasteiger partial charge in [0.15, 0.2) is 6.07 Å². The largest absolute Gasteiger partial charge is 0.392 e. The number of aliphatic hydroxyl groups excluding tert-OH is 1. The molecule has 0 bridgehead atoms. The van der Waals surface area contributed by atoms with Gasteiger partial charge in [0.2, 0.25) is 0 Å². The van der Waals surface area contributed by atoms with Crippen LogP contribution in [0.25, 0.3) is 0 Å². The van der Waals surface area contributed by atoms with Crippen LogP contribution in [-0.4, -0.2) is 5.11 Å². The van der Waals surface area contributed by atoms with E-state index >= 15 is 0 Å². The third kappa shape index (κ3) is 2.30. The van der Waals surface area contributed by atoms with Crippen LogP contribution >= 0.6 is 0 Å². The molecule has 0 radical (unpaired) electrons. The van der Waals surface area contributed by atoms with Crippen LogP contribution < -0.4 is 0 Å². The maximum absolute atomic E-state index is 12.8. The van der Waals surface area contributed by atoms with Gasteiger partial charge in [-0.2, -0.15) is 5.26 Å². The molecule has 0 unspecified atom stereocenters. The highest BCUT2D eigenvalue weighted by atomic mass is 19.1.